The van der Waals surface area contributed by atoms with Crippen LogP contribution in [-0.4, -0.2) is 60.9 Å². The first-order valence-corrected chi connectivity index (χ1v) is 7.77. The molecule has 0 amide bonds. The Morgan fingerprint density at radius 1 is 1.24 bits per heavy atom. The third-order valence-electron chi connectivity index (χ3n) is 3.76. The van der Waals surface area contributed by atoms with Crippen molar-refractivity contribution in [2.75, 3.05) is 55.0 Å². The summed E-state index contributed by atoms with van der Waals surface area (Å²) in [7, 11) is 1.83. The van der Waals surface area contributed by atoms with Crippen LogP contribution in [0.5, 0.6) is 0 Å². The lowest BCUT2D eigenvalue weighted by molar-refractivity contribution is 0.0379. The van der Waals surface area contributed by atoms with Gasteiger partial charge in [-0.2, -0.15) is 15.0 Å². The average Bonchev–Trinajstić information content (AvgIpc) is 2.55. The predicted molar refractivity (Wildman–Crippen MR) is 85.2 cm³/mol. The van der Waals surface area contributed by atoms with E-state index in [1.807, 2.05) is 7.05 Å². The molecule has 7 heteroatoms. The van der Waals surface area contributed by atoms with Gasteiger partial charge in [-0.1, -0.05) is 6.92 Å². The van der Waals surface area contributed by atoms with E-state index in [-0.39, 0.29) is 6.10 Å². The van der Waals surface area contributed by atoms with E-state index in [2.05, 4.69) is 50.8 Å². The largest absolute Gasteiger partial charge is 0.375 e. The van der Waals surface area contributed by atoms with Crippen LogP contribution in [0.15, 0.2) is 0 Å². The minimum Gasteiger partial charge on any atom is -0.375 e. The average molecular weight is 294 g/mol. The van der Waals surface area contributed by atoms with Gasteiger partial charge in [0, 0.05) is 33.2 Å². The fraction of sp³-hybridized carbons (Fsp3) is 0.786. The minimum absolute atomic E-state index is 0.255. The second kappa shape index (κ2) is 7.40. The van der Waals surface area contributed by atoms with E-state index < -0.39 is 0 Å². The van der Waals surface area contributed by atoms with Crippen LogP contribution in [0.4, 0.5) is 17.8 Å². The third-order valence-corrected chi connectivity index (χ3v) is 3.76. The van der Waals surface area contributed by atoms with Gasteiger partial charge in [-0.25, -0.2) is 0 Å². The van der Waals surface area contributed by atoms with Crippen molar-refractivity contribution >= 4 is 17.8 Å². The van der Waals surface area contributed by atoms with Crippen LogP contribution in [-0.2, 0) is 4.74 Å². The number of anilines is 3. The Morgan fingerprint density at radius 3 is 2.62 bits per heavy atom. The SMILES string of the molecule is CCC1CN(c2nc(NC)nc(N(CC)CC)n2)CCO1. The molecule has 1 atom stereocenters. The summed E-state index contributed by atoms with van der Waals surface area (Å²) >= 11 is 0. The number of nitrogens with one attached hydrogen (secondary N) is 1. The Kier molecular flexibility index (Phi) is 5.55. The van der Waals surface area contributed by atoms with Gasteiger partial charge in [0.2, 0.25) is 17.8 Å². The molecule has 2 heterocycles. The number of hydrogen-bond donors (Lipinski definition) is 1. The molecule has 0 aliphatic carbocycles. The standard InChI is InChI=1S/C14H26N6O/c1-5-11-10-20(8-9-21-11)14-17-12(15-4)16-13(18-14)19(6-2)7-3/h11H,5-10H2,1-4H3,(H,15,16,17,18). The molecule has 2 rings (SSSR count). The summed E-state index contributed by atoms with van der Waals surface area (Å²) in [5.41, 5.74) is 0. The fourth-order valence-corrected chi connectivity index (χ4v) is 2.40. The second-order valence-electron chi connectivity index (χ2n) is 5.03. The summed E-state index contributed by atoms with van der Waals surface area (Å²) in [6.07, 6.45) is 1.26. The van der Waals surface area contributed by atoms with E-state index >= 15 is 0 Å². The zero-order valence-corrected chi connectivity index (χ0v) is 13.5. The zero-order valence-electron chi connectivity index (χ0n) is 13.5. The summed E-state index contributed by atoms with van der Waals surface area (Å²) in [5, 5.41) is 3.03. The van der Waals surface area contributed by atoms with Gasteiger partial charge in [-0.15, -0.1) is 0 Å². The molecular formula is C14H26N6O. The maximum atomic E-state index is 5.72. The summed E-state index contributed by atoms with van der Waals surface area (Å²) in [6.45, 7) is 10.5. The van der Waals surface area contributed by atoms with E-state index in [4.69, 9.17) is 4.74 Å². The molecule has 118 valence electrons. The lowest BCUT2D eigenvalue weighted by atomic mass is 10.2. The molecule has 1 saturated heterocycles. The summed E-state index contributed by atoms with van der Waals surface area (Å²) in [4.78, 5) is 17.9. The topological polar surface area (TPSA) is 66.4 Å². The van der Waals surface area contributed by atoms with Gasteiger partial charge < -0.3 is 19.9 Å². The fourth-order valence-electron chi connectivity index (χ4n) is 2.40. The van der Waals surface area contributed by atoms with Crippen molar-refractivity contribution in [3.05, 3.63) is 0 Å². The first kappa shape index (κ1) is 15.8. The van der Waals surface area contributed by atoms with Gasteiger partial charge in [-0.3, -0.25) is 0 Å². The van der Waals surface area contributed by atoms with Crippen molar-refractivity contribution < 1.29 is 4.74 Å². The van der Waals surface area contributed by atoms with Crippen LogP contribution in [0.1, 0.15) is 27.2 Å². The highest BCUT2D eigenvalue weighted by atomic mass is 16.5. The van der Waals surface area contributed by atoms with Crippen LogP contribution in [0.2, 0.25) is 0 Å². The summed E-state index contributed by atoms with van der Waals surface area (Å²) in [5.74, 6) is 2.08. The quantitative estimate of drug-likeness (QED) is 0.850. The minimum atomic E-state index is 0.255. The van der Waals surface area contributed by atoms with Gasteiger partial charge in [0.05, 0.1) is 12.7 Å². The number of morpholine rings is 1. The van der Waals surface area contributed by atoms with Crippen molar-refractivity contribution in [2.24, 2.45) is 0 Å². The van der Waals surface area contributed by atoms with Gasteiger partial charge in [0.1, 0.15) is 0 Å². The van der Waals surface area contributed by atoms with E-state index in [9.17, 15) is 0 Å². The number of rotatable bonds is 6. The molecular weight excluding hydrogens is 268 g/mol. The van der Waals surface area contributed by atoms with Crippen molar-refractivity contribution in [3.63, 3.8) is 0 Å². The molecule has 1 unspecified atom stereocenters. The molecule has 0 aromatic carbocycles. The number of nitrogens with zero attached hydrogens (tertiary/aromatic N) is 5. The molecule has 1 N–H and O–H groups in total. The lowest BCUT2D eigenvalue weighted by Gasteiger charge is -2.33. The number of hydrogen-bond acceptors (Lipinski definition) is 7. The van der Waals surface area contributed by atoms with Crippen LogP contribution in [0, 0.1) is 0 Å². The highest BCUT2D eigenvalue weighted by Crippen LogP contribution is 2.19. The van der Waals surface area contributed by atoms with Crippen LogP contribution < -0.4 is 15.1 Å². The Labute approximate surface area is 126 Å². The second-order valence-corrected chi connectivity index (χ2v) is 5.03. The van der Waals surface area contributed by atoms with Crippen molar-refractivity contribution in [1.29, 1.82) is 0 Å². The Bertz CT molecular complexity index is 451. The van der Waals surface area contributed by atoms with E-state index in [1.54, 1.807) is 0 Å². The zero-order chi connectivity index (χ0) is 15.2. The van der Waals surface area contributed by atoms with E-state index in [0.29, 0.717) is 5.95 Å². The molecule has 1 aromatic rings. The Morgan fingerprint density at radius 2 is 2.00 bits per heavy atom. The molecule has 1 aromatic heterocycles. The maximum absolute atomic E-state index is 5.72. The molecule has 1 aliphatic rings. The normalized spacial score (nSPS) is 18.7. The smallest absolute Gasteiger partial charge is 0.232 e. The highest BCUT2D eigenvalue weighted by molar-refractivity contribution is 5.45. The highest BCUT2D eigenvalue weighted by Gasteiger charge is 2.22. The predicted octanol–water partition coefficient (Wildman–Crippen LogP) is 1.37. The number of aromatic nitrogens is 3. The molecule has 0 bridgehead atoms. The third kappa shape index (κ3) is 3.72. The lowest BCUT2D eigenvalue weighted by Crippen LogP contribution is -2.43. The van der Waals surface area contributed by atoms with Crippen LogP contribution >= 0.6 is 0 Å². The maximum Gasteiger partial charge on any atom is 0.232 e. The molecule has 7 nitrogen and oxygen atoms in total. The van der Waals surface area contributed by atoms with E-state index in [0.717, 1.165) is 51.1 Å². The summed E-state index contributed by atoms with van der Waals surface area (Å²) < 4.78 is 5.72. The monoisotopic (exact) mass is 294 g/mol. The van der Waals surface area contributed by atoms with Gasteiger partial charge >= 0.3 is 0 Å². The first-order chi connectivity index (χ1) is 10.2. The van der Waals surface area contributed by atoms with Crippen molar-refractivity contribution in [3.8, 4) is 0 Å². The molecule has 0 radical (unpaired) electrons. The van der Waals surface area contributed by atoms with Gasteiger partial charge in [-0.05, 0) is 20.3 Å². The molecule has 0 spiro atoms. The Balaban J connectivity index is 2.27. The molecule has 0 saturated carbocycles. The number of ether oxygens (including phenoxy) is 1. The molecule has 1 fully saturated rings. The van der Waals surface area contributed by atoms with Gasteiger partial charge in [0.25, 0.3) is 0 Å². The first-order valence-electron chi connectivity index (χ1n) is 7.77. The Hall–Kier alpha value is -1.63. The van der Waals surface area contributed by atoms with Crippen LogP contribution in [0.3, 0.4) is 0 Å². The van der Waals surface area contributed by atoms with Crippen LogP contribution in [0.25, 0.3) is 0 Å². The van der Waals surface area contributed by atoms with E-state index in [1.165, 1.54) is 0 Å². The molecule has 1 aliphatic heterocycles. The summed E-state index contributed by atoms with van der Waals surface area (Å²) in [6, 6.07) is 0. The van der Waals surface area contributed by atoms with Crippen molar-refractivity contribution in [1.82, 2.24) is 15.0 Å². The van der Waals surface area contributed by atoms with Gasteiger partial charge in [0.15, 0.2) is 0 Å². The van der Waals surface area contributed by atoms with Crippen molar-refractivity contribution in [2.45, 2.75) is 33.3 Å². The molecule has 21 heavy (non-hydrogen) atoms.